The number of carbonyl (C=O) groups is 1. The minimum Gasteiger partial charge on any atom is -0.286 e. The van der Waals surface area contributed by atoms with E-state index in [0.29, 0.717) is 13.1 Å². The second-order valence-electron chi connectivity index (χ2n) is 7.73. The van der Waals surface area contributed by atoms with E-state index in [-0.39, 0.29) is 11.3 Å². The fourth-order valence-corrected chi connectivity index (χ4v) is 3.95. The number of hydrogen-bond acceptors (Lipinski definition) is 3. The van der Waals surface area contributed by atoms with Gasteiger partial charge in [-0.1, -0.05) is 74.5 Å². The average molecular weight is 367 g/mol. The van der Waals surface area contributed by atoms with E-state index in [1.807, 2.05) is 17.0 Å². The van der Waals surface area contributed by atoms with E-state index in [1.165, 1.54) is 16.7 Å². The first-order valence-corrected chi connectivity index (χ1v) is 9.98. The molecule has 26 heavy (non-hydrogen) atoms. The number of benzene rings is 2. The summed E-state index contributed by atoms with van der Waals surface area (Å²) >= 11 is 1.64. The van der Waals surface area contributed by atoms with Gasteiger partial charge in [0.15, 0.2) is 5.17 Å². The van der Waals surface area contributed by atoms with E-state index in [9.17, 15) is 4.79 Å². The highest BCUT2D eigenvalue weighted by Gasteiger charge is 2.25. The number of thioether (sulfide) groups is 1. The summed E-state index contributed by atoms with van der Waals surface area (Å²) in [6.45, 7) is 9.97. The molecule has 0 N–H and O–H groups in total. The fraction of sp³-hybridized carbons (Fsp3) is 0.364. The minimum absolute atomic E-state index is 0.0402. The molecule has 0 saturated heterocycles. The molecule has 0 radical (unpaired) electrons. The van der Waals surface area contributed by atoms with Crippen molar-refractivity contribution in [3.05, 3.63) is 70.8 Å². The molecule has 3 rings (SSSR count). The molecule has 0 saturated carbocycles. The number of hydrogen-bond donors (Lipinski definition) is 0. The van der Waals surface area contributed by atoms with Crippen LogP contribution in [0.3, 0.4) is 0 Å². The summed E-state index contributed by atoms with van der Waals surface area (Å²) < 4.78 is 0. The summed E-state index contributed by atoms with van der Waals surface area (Å²) in [6.07, 6.45) is 0. The molecule has 4 heteroatoms. The summed E-state index contributed by atoms with van der Waals surface area (Å²) in [5.74, 6) is 0.867. The Labute approximate surface area is 160 Å². The molecule has 0 spiro atoms. The van der Waals surface area contributed by atoms with E-state index >= 15 is 0 Å². The van der Waals surface area contributed by atoms with Crippen LogP contribution < -0.4 is 0 Å². The molecule has 0 aromatic heterocycles. The Hall–Kier alpha value is -2.07. The standard InChI is InChI=1S/C22H26N2OS/c1-16-6-5-7-17(14-16)15-26-21-23-12-13-24(21)20(25)18-8-10-19(11-9-18)22(2,3)4/h5-11,14H,12-13,15H2,1-4H3. The Morgan fingerprint density at radius 3 is 2.54 bits per heavy atom. The lowest BCUT2D eigenvalue weighted by atomic mass is 9.86. The second-order valence-corrected chi connectivity index (χ2v) is 8.67. The van der Waals surface area contributed by atoms with Crippen LogP contribution in [0.25, 0.3) is 0 Å². The van der Waals surface area contributed by atoms with Gasteiger partial charge in [0, 0.05) is 17.9 Å². The summed E-state index contributed by atoms with van der Waals surface area (Å²) in [4.78, 5) is 19.3. The van der Waals surface area contributed by atoms with Crippen molar-refractivity contribution in [1.82, 2.24) is 4.90 Å². The maximum absolute atomic E-state index is 12.9. The van der Waals surface area contributed by atoms with Gasteiger partial charge < -0.3 is 0 Å². The second kappa shape index (κ2) is 7.67. The Balaban J connectivity index is 1.68. The van der Waals surface area contributed by atoms with Crippen LogP contribution in [0.15, 0.2) is 53.5 Å². The highest BCUT2D eigenvalue weighted by atomic mass is 32.2. The maximum Gasteiger partial charge on any atom is 0.259 e. The average Bonchev–Trinajstić information content (AvgIpc) is 3.07. The summed E-state index contributed by atoms with van der Waals surface area (Å²) in [5.41, 5.74) is 4.56. The Morgan fingerprint density at radius 2 is 1.88 bits per heavy atom. The Bertz CT molecular complexity index is 819. The van der Waals surface area contributed by atoms with E-state index in [2.05, 4.69) is 69.1 Å². The van der Waals surface area contributed by atoms with Crippen LogP contribution >= 0.6 is 11.8 Å². The largest absolute Gasteiger partial charge is 0.286 e. The van der Waals surface area contributed by atoms with Crippen LogP contribution in [-0.4, -0.2) is 29.1 Å². The molecule has 2 aromatic rings. The molecule has 1 amide bonds. The van der Waals surface area contributed by atoms with Gasteiger partial charge >= 0.3 is 0 Å². The van der Waals surface area contributed by atoms with Crippen LogP contribution in [0, 0.1) is 6.92 Å². The molecule has 136 valence electrons. The molecule has 0 bridgehead atoms. The Kier molecular flexibility index (Phi) is 5.52. The first-order valence-electron chi connectivity index (χ1n) is 9.00. The van der Waals surface area contributed by atoms with Gasteiger partial charge in [-0.25, -0.2) is 0 Å². The van der Waals surface area contributed by atoms with Gasteiger partial charge in [0.05, 0.1) is 6.54 Å². The van der Waals surface area contributed by atoms with Gasteiger partial charge in [-0.2, -0.15) is 0 Å². The fourth-order valence-electron chi connectivity index (χ4n) is 2.96. The van der Waals surface area contributed by atoms with Crippen molar-refractivity contribution in [2.75, 3.05) is 13.1 Å². The zero-order valence-corrected chi connectivity index (χ0v) is 16.8. The van der Waals surface area contributed by atoms with Gasteiger partial charge in [0.1, 0.15) is 0 Å². The van der Waals surface area contributed by atoms with Crippen LogP contribution in [0.2, 0.25) is 0 Å². The molecular weight excluding hydrogens is 340 g/mol. The smallest absolute Gasteiger partial charge is 0.259 e. The van der Waals surface area contributed by atoms with Gasteiger partial charge in [0.2, 0.25) is 0 Å². The van der Waals surface area contributed by atoms with Gasteiger partial charge in [-0.15, -0.1) is 0 Å². The number of amidine groups is 1. The predicted octanol–water partition coefficient (Wildman–Crippen LogP) is 5.04. The van der Waals surface area contributed by atoms with Crippen molar-refractivity contribution >= 4 is 22.8 Å². The molecule has 1 aliphatic heterocycles. The zero-order valence-electron chi connectivity index (χ0n) is 16.0. The number of amides is 1. The van der Waals surface area contributed by atoms with Crippen LogP contribution in [0.4, 0.5) is 0 Å². The molecular formula is C22H26N2OS. The summed E-state index contributed by atoms with van der Waals surface area (Å²) in [7, 11) is 0. The monoisotopic (exact) mass is 366 g/mol. The molecule has 2 aromatic carbocycles. The van der Waals surface area contributed by atoms with Crippen LogP contribution in [0.1, 0.15) is 47.8 Å². The van der Waals surface area contributed by atoms with E-state index in [4.69, 9.17) is 0 Å². The lowest BCUT2D eigenvalue weighted by Gasteiger charge is -2.21. The number of aryl methyl sites for hydroxylation is 1. The van der Waals surface area contributed by atoms with Gasteiger partial charge in [-0.3, -0.25) is 14.7 Å². The van der Waals surface area contributed by atoms with Crippen molar-refractivity contribution in [3.8, 4) is 0 Å². The predicted molar refractivity (Wildman–Crippen MR) is 111 cm³/mol. The molecule has 0 fully saturated rings. The highest BCUT2D eigenvalue weighted by Crippen LogP contribution is 2.25. The normalized spacial score (nSPS) is 14.5. The van der Waals surface area contributed by atoms with E-state index in [1.54, 1.807) is 11.8 Å². The zero-order chi connectivity index (χ0) is 18.7. The molecule has 0 atom stereocenters. The van der Waals surface area contributed by atoms with Gasteiger partial charge in [-0.05, 0) is 35.6 Å². The first-order chi connectivity index (χ1) is 12.3. The SMILES string of the molecule is Cc1cccc(CSC2=NCCN2C(=O)c2ccc(C(C)(C)C)cc2)c1. The summed E-state index contributed by atoms with van der Waals surface area (Å²) in [5, 5.41) is 0.830. The van der Waals surface area contributed by atoms with Crippen molar-refractivity contribution in [2.45, 2.75) is 38.9 Å². The Morgan fingerprint density at radius 1 is 1.15 bits per heavy atom. The molecule has 0 unspecified atom stereocenters. The quantitative estimate of drug-likeness (QED) is 0.762. The van der Waals surface area contributed by atoms with Crippen LogP contribution in [-0.2, 0) is 11.2 Å². The third kappa shape index (κ3) is 4.36. The highest BCUT2D eigenvalue weighted by molar-refractivity contribution is 8.13. The number of aliphatic imine (C=N–C) groups is 1. The number of rotatable bonds is 3. The molecule has 3 nitrogen and oxygen atoms in total. The molecule has 1 heterocycles. The molecule has 1 aliphatic rings. The van der Waals surface area contributed by atoms with Crippen molar-refractivity contribution in [2.24, 2.45) is 4.99 Å². The minimum atomic E-state index is 0.0402. The van der Waals surface area contributed by atoms with Crippen molar-refractivity contribution < 1.29 is 4.79 Å². The molecule has 0 aliphatic carbocycles. The maximum atomic E-state index is 12.9. The van der Waals surface area contributed by atoms with Crippen molar-refractivity contribution in [1.29, 1.82) is 0 Å². The van der Waals surface area contributed by atoms with E-state index < -0.39 is 0 Å². The number of nitrogens with zero attached hydrogens (tertiary/aromatic N) is 2. The summed E-state index contributed by atoms with van der Waals surface area (Å²) in [6, 6.07) is 16.4. The van der Waals surface area contributed by atoms with Crippen LogP contribution in [0.5, 0.6) is 0 Å². The van der Waals surface area contributed by atoms with E-state index in [0.717, 1.165) is 16.5 Å². The lowest BCUT2D eigenvalue weighted by Crippen LogP contribution is -2.32. The third-order valence-corrected chi connectivity index (χ3v) is 5.58. The number of carbonyl (C=O) groups excluding carboxylic acids is 1. The topological polar surface area (TPSA) is 32.7 Å². The van der Waals surface area contributed by atoms with Gasteiger partial charge in [0.25, 0.3) is 5.91 Å². The first kappa shape index (κ1) is 18.7. The lowest BCUT2D eigenvalue weighted by molar-refractivity contribution is 0.0860. The third-order valence-electron chi connectivity index (χ3n) is 4.50. The van der Waals surface area contributed by atoms with Crippen molar-refractivity contribution in [3.63, 3.8) is 0 Å².